The number of halogens is 3. The highest BCUT2D eigenvalue weighted by Gasteiger charge is 2.47. The first-order chi connectivity index (χ1) is 15.0. The molecule has 1 aliphatic heterocycles. The van der Waals surface area contributed by atoms with Gasteiger partial charge in [-0.25, -0.2) is 13.8 Å². The van der Waals surface area contributed by atoms with Gasteiger partial charge in [-0.15, -0.1) is 10.2 Å². The van der Waals surface area contributed by atoms with Gasteiger partial charge in [-0.05, 0) is 58.1 Å². The number of anilines is 1. The Balaban J connectivity index is 1.85. The van der Waals surface area contributed by atoms with Gasteiger partial charge in [0.25, 0.3) is 0 Å². The zero-order chi connectivity index (χ0) is 21.8. The summed E-state index contributed by atoms with van der Waals surface area (Å²) >= 11 is 5.92. The van der Waals surface area contributed by atoms with Crippen LogP contribution in [0.4, 0.5) is 13.9 Å². The second-order valence-corrected chi connectivity index (χ2v) is 9.99. The maximum absolute atomic E-state index is 14.6. The largest absolute Gasteiger partial charge is 0.231 e. The van der Waals surface area contributed by atoms with Crippen molar-refractivity contribution in [3.05, 3.63) is 85.7 Å². The van der Waals surface area contributed by atoms with Gasteiger partial charge >= 0.3 is 0 Å². The van der Waals surface area contributed by atoms with Gasteiger partial charge in [-0.1, -0.05) is 58.5 Å². The zero-order valence-electron chi connectivity index (χ0n) is 15.8. The second-order valence-electron chi connectivity index (χ2n) is 6.49. The molecule has 3 aromatic rings. The van der Waals surface area contributed by atoms with Crippen molar-refractivity contribution in [3.8, 4) is 0 Å². The fraction of sp³-hybridized carbons (Fsp3) is 0.211. The molecule has 0 aliphatic carbocycles. The van der Waals surface area contributed by atoms with Crippen molar-refractivity contribution in [1.82, 2.24) is 10.2 Å². The van der Waals surface area contributed by atoms with Crippen molar-refractivity contribution < 1.29 is 8.78 Å². The van der Waals surface area contributed by atoms with Crippen LogP contribution in [0, 0.1) is 11.6 Å². The molecule has 158 valence electrons. The molecule has 0 saturated carbocycles. The summed E-state index contributed by atoms with van der Waals surface area (Å²) in [6.45, 7) is 0.295. The van der Waals surface area contributed by atoms with Gasteiger partial charge in [0.2, 0.25) is 5.13 Å². The van der Waals surface area contributed by atoms with Gasteiger partial charge in [-0.3, -0.25) is 0 Å². The first-order valence-corrected chi connectivity index (χ1v) is 11.5. The molecule has 0 spiro atoms. The van der Waals surface area contributed by atoms with Crippen LogP contribution in [-0.4, -0.2) is 21.8 Å². The lowest BCUT2D eigenvalue weighted by molar-refractivity contribution is 0.525. The van der Waals surface area contributed by atoms with E-state index in [9.17, 15) is 8.78 Å². The average Bonchev–Trinajstić information content (AvgIpc) is 3.38. The van der Waals surface area contributed by atoms with Crippen LogP contribution >= 0.6 is 39.0 Å². The van der Waals surface area contributed by atoms with E-state index >= 15 is 0 Å². The molecule has 0 amide bonds. The predicted octanol–water partition coefficient (Wildman–Crippen LogP) is 6.44. The topological polar surface area (TPSA) is 90.1 Å². The standard InChI is InChI=1S/C19H14BrF2N7S2/c20-17-25-26-18(30-17)29-19(9-4-10-24-28-23,12-5-2-1-3-6-12)31-16(27-29)14-11-13(21)7-8-15(14)22/h1-3,5-8,11H,4,9-10H2. The van der Waals surface area contributed by atoms with E-state index in [0.717, 1.165) is 23.8 Å². The molecular formula is C19H14BrF2N7S2. The number of hydrazone groups is 1. The third-order valence-corrected chi connectivity index (χ3v) is 7.37. The van der Waals surface area contributed by atoms with Gasteiger partial charge in [0, 0.05) is 17.0 Å². The molecule has 0 N–H and O–H groups in total. The molecule has 0 bridgehead atoms. The lowest BCUT2D eigenvalue weighted by Crippen LogP contribution is -2.37. The number of thioether (sulfide) groups is 1. The summed E-state index contributed by atoms with van der Waals surface area (Å²) in [6.07, 6.45) is 1.07. The molecular weight excluding hydrogens is 508 g/mol. The van der Waals surface area contributed by atoms with E-state index in [0.29, 0.717) is 33.5 Å². The van der Waals surface area contributed by atoms with Crippen LogP contribution in [0.1, 0.15) is 24.0 Å². The third kappa shape index (κ3) is 4.42. The highest BCUT2D eigenvalue weighted by molar-refractivity contribution is 9.11. The van der Waals surface area contributed by atoms with Gasteiger partial charge in [0.1, 0.15) is 21.5 Å². The summed E-state index contributed by atoms with van der Waals surface area (Å²) in [6, 6.07) is 12.9. The van der Waals surface area contributed by atoms with Gasteiger partial charge in [0.15, 0.2) is 3.92 Å². The normalized spacial score (nSPS) is 18.0. The molecule has 1 aliphatic rings. The third-order valence-electron chi connectivity index (χ3n) is 4.59. The minimum absolute atomic E-state index is 0.0754. The Morgan fingerprint density at radius 1 is 1.16 bits per heavy atom. The molecule has 12 heteroatoms. The lowest BCUT2D eigenvalue weighted by atomic mass is 10.0. The molecule has 0 fully saturated rings. The number of aromatic nitrogens is 2. The molecule has 7 nitrogen and oxygen atoms in total. The van der Waals surface area contributed by atoms with Crippen molar-refractivity contribution in [2.75, 3.05) is 11.6 Å². The van der Waals surface area contributed by atoms with Crippen LogP contribution in [0.15, 0.2) is 62.7 Å². The van der Waals surface area contributed by atoms with Gasteiger partial charge in [0.05, 0.1) is 0 Å². The molecule has 1 unspecified atom stereocenters. The fourth-order valence-corrected chi connectivity index (χ4v) is 5.85. The number of nitrogens with zero attached hydrogens (tertiary/aromatic N) is 7. The summed E-state index contributed by atoms with van der Waals surface area (Å²) in [7, 11) is 0. The number of azide groups is 1. The SMILES string of the molecule is [N-]=[N+]=NCCCC1(c2ccccc2)SC(c2cc(F)ccc2F)=NN1c1nnc(Br)s1. The van der Waals surface area contributed by atoms with Crippen LogP contribution in [0.25, 0.3) is 10.4 Å². The fourth-order valence-electron chi connectivity index (χ4n) is 3.26. The first-order valence-electron chi connectivity index (χ1n) is 9.12. The van der Waals surface area contributed by atoms with E-state index < -0.39 is 16.5 Å². The van der Waals surface area contributed by atoms with E-state index in [1.807, 2.05) is 30.3 Å². The van der Waals surface area contributed by atoms with Crippen molar-refractivity contribution >= 4 is 49.2 Å². The van der Waals surface area contributed by atoms with E-state index in [2.05, 4.69) is 41.3 Å². The molecule has 2 heterocycles. The summed E-state index contributed by atoms with van der Waals surface area (Å²) in [5.41, 5.74) is 9.62. The second kappa shape index (κ2) is 9.31. The number of hydrogen-bond donors (Lipinski definition) is 0. The minimum Gasteiger partial charge on any atom is -0.215 e. The van der Waals surface area contributed by atoms with Crippen LogP contribution in [0.3, 0.4) is 0 Å². The number of hydrogen-bond acceptors (Lipinski definition) is 7. The Labute approximate surface area is 192 Å². The Kier molecular flexibility index (Phi) is 6.51. The zero-order valence-corrected chi connectivity index (χ0v) is 19.0. The Bertz CT molecular complexity index is 1170. The highest BCUT2D eigenvalue weighted by Crippen LogP contribution is 2.52. The number of rotatable bonds is 7. The molecule has 2 aromatic carbocycles. The lowest BCUT2D eigenvalue weighted by Gasteiger charge is -2.35. The van der Waals surface area contributed by atoms with Crippen LogP contribution in [0.2, 0.25) is 0 Å². The van der Waals surface area contributed by atoms with E-state index in [1.165, 1.54) is 23.1 Å². The van der Waals surface area contributed by atoms with Crippen molar-refractivity contribution in [2.24, 2.45) is 10.2 Å². The highest BCUT2D eigenvalue weighted by atomic mass is 79.9. The summed E-state index contributed by atoms with van der Waals surface area (Å²) in [5, 5.41) is 19.1. The van der Waals surface area contributed by atoms with Gasteiger partial charge < -0.3 is 0 Å². The molecule has 4 rings (SSSR count). The Hall–Kier alpha value is -2.53. The van der Waals surface area contributed by atoms with Gasteiger partial charge in [-0.2, -0.15) is 5.10 Å². The summed E-state index contributed by atoms with van der Waals surface area (Å²) in [5.74, 6) is -1.12. The van der Waals surface area contributed by atoms with Crippen molar-refractivity contribution in [1.29, 1.82) is 0 Å². The minimum atomic E-state index is -0.806. The molecule has 0 saturated heterocycles. The molecule has 1 atom stereocenters. The quantitative estimate of drug-likeness (QED) is 0.155. The maximum Gasteiger partial charge on any atom is 0.231 e. The van der Waals surface area contributed by atoms with Crippen molar-refractivity contribution in [2.45, 2.75) is 17.7 Å². The Morgan fingerprint density at radius 3 is 2.68 bits per heavy atom. The number of benzene rings is 2. The van der Waals surface area contributed by atoms with E-state index in [-0.39, 0.29) is 5.56 Å². The maximum atomic E-state index is 14.6. The first kappa shape index (κ1) is 21.7. The van der Waals surface area contributed by atoms with Crippen LogP contribution in [-0.2, 0) is 4.87 Å². The molecule has 31 heavy (non-hydrogen) atoms. The summed E-state index contributed by atoms with van der Waals surface area (Å²) in [4.78, 5) is 2.01. The predicted molar refractivity (Wildman–Crippen MR) is 122 cm³/mol. The van der Waals surface area contributed by atoms with Crippen LogP contribution in [0.5, 0.6) is 0 Å². The monoisotopic (exact) mass is 521 g/mol. The average molecular weight is 522 g/mol. The Morgan fingerprint density at radius 2 is 1.97 bits per heavy atom. The smallest absolute Gasteiger partial charge is 0.215 e. The molecule has 0 radical (unpaired) electrons. The van der Waals surface area contributed by atoms with Crippen molar-refractivity contribution in [3.63, 3.8) is 0 Å². The van der Waals surface area contributed by atoms with E-state index in [4.69, 9.17) is 5.53 Å². The molecule has 1 aromatic heterocycles. The van der Waals surface area contributed by atoms with E-state index in [1.54, 1.807) is 5.01 Å². The summed E-state index contributed by atoms with van der Waals surface area (Å²) < 4.78 is 29.1. The van der Waals surface area contributed by atoms with Crippen LogP contribution < -0.4 is 5.01 Å².